The Bertz CT molecular complexity index is 494. The molecule has 1 spiro atoms. The zero-order valence-electron chi connectivity index (χ0n) is 12.4. The summed E-state index contributed by atoms with van der Waals surface area (Å²) in [6.45, 7) is 3.38. The molecule has 2 fully saturated rings. The van der Waals surface area contributed by atoms with Crippen molar-refractivity contribution in [1.29, 1.82) is 0 Å². The van der Waals surface area contributed by atoms with Gasteiger partial charge in [0.05, 0.1) is 5.60 Å². The van der Waals surface area contributed by atoms with E-state index in [1.807, 2.05) is 0 Å². The Labute approximate surface area is 121 Å². The van der Waals surface area contributed by atoms with Crippen molar-refractivity contribution in [3.63, 3.8) is 0 Å². The first-order valence-corrected chi connectivity index (χ1v) is 8.24. The van der Waals surface area contributed by atoms with Crippen LogP contribution in [-0.2, 0) is 11.2 Å². The molecule has 0 radical (unpaired) electrons. The lowest BCUT2D eigenvalue weighted by molar-refractivity contribution is -0.146. The molecule has 2 nitrogen and oxygen atoms in total. The predicted octanol–water partition coefficient (Wildman–Crippen LogP) is 4.01. The van der Waals surface area contributed by atoms with Crippen LogP contribution >= 0.6 is 0 Å². The van der Waals surface area contributed by atoms with Crippen molar-refractivity contribution in [1.82, 2.24) is 0 Å². The van der Waals surface area contributed by atoms with Crippen LogP contribution in [0.2, 0.25) is 0 Å². The Kier molecular flexibility index (Phi) is 3.03. The molecule has 1 aromatic carbocycles. The standard InChI is InChI=1S/C18H25NO/c1-13-11-14-5-2-3-6-16(14)19-17(13)15-7-10-20-18(12-15)8-4-9-18/h2-3,5-6,13,15,17,19H,4,7-12H2,1H3. The van der Waals surface area contributed by atoms with E-state index in [0.717, 1.165) is 18.4 Å². The van der Waals surface area contributed by atoms with Crippen LogP contribution in [0.3, 0.4) is 0 Å². The third-order valence-corrected chi connectivity index (χ3v) is 5.80. The van der Waals surface area contributed by atoms with Gasteiger partial charge in [-0.15, -0.1) is 0 Å². The van der Waals surface area contributed by atoms with E-state index in [-0.39, 0.29) is 5.60 Å². The smallest absolute Gasteiger partial charge is 0.0686 e. The van der Waals surface area contributed by atoms with Crippen molar-refractivity contribution in [2.75, 3.05) is 11.9 Å². The maximum absolute atomic E-state index is 6.10. The van der Waals surface area contributed by atoms with E-state index in [9.17, 15) is 0 Å². The van der Waals surface area contributed by atoms with Crippen LogP contribution in [0.4, 0.5) is 5.69 Å². The molecular formula is C18H25NO. The number of fused-ring (bicyclic) bond motifs is 1. The highest BCUT2D eigenvalue weighted by Crippen LogP contribution is 2.47. The first kappa shape index (κ1) is 12.7. The second-order valence-corrected chi connectivity index (χ2v) is 7.15. The molecule has 0 bridgehead atoms. The van der Waals surface area contributed by atoms with Gasteiger partial charge in [-0.05, 0) is 62.0 Å². The second kappa shape index (κ2) is 4.77. The molecule has 0 aromatic heterocycles. The first-order valence-electron chi connectivity index (χ1n) is 8.24. The summed E-state index contributed by atoms with van der Waals surface area (Å²) < 4.78 is 6.10. The van der Waals surface area contributed by atoms with Gasteiger partial charge >= 0.3 is 0 Å². The SMILES string of the molecule is CC1Cc2ccccc2NC1C1CCOC2(CCC2)C1. The quantitative estimate of drug-likeness (QED) is 0.833. The molecule has 3 aliphatic rings. The number of benzene rings is 1. The van der Waals surface area contributed by atoms with Crippen LogP contribution in [0.5, 0.6) is 0 Å². The molecule has 2 heteroatoms. The molecule has 4 rings (SSSR count). The first-order chi connectivity index (χ1) is 9.76. The largest absolute Gasteiger partial charge is 0.382 e. The Hall–Kier alpha value is -1.02. The summed E-state index contributed by atoms with van der Waals surface area (Å²) in [5.74, 6) is 1.51. The third-order valence-electron chi connectivity index (χ3n) is 5.80. The van der Waals surface area contributed by atoms with E-state index in [1.54, 1.807) is 0 Å². The zero-order chi connectivity index (χ0) is 13.6. The maximum Gasteiger partial charge on any atom is 0.0686 e. The fourth-order valence-corrected chi connectivity index (χ4v) is 4.51. The molecule has 1 aliphatic carbocycles. The highest BCUT2D eigenvalue weighted by atomic mass is 16.5. The number of rotatable bonds is 1. The molecule has 0 amide bonds. The highest BCUT2D eigenvalue weighted by molar-refractivity contribution is 5.54. The van der Waals surface area contributed by atoms with Gasteiger partial charge in [0.25, 0.3) is 0 Å². The third kappa shape index (κ3) is 2.05. The number of hydrogen-bond acceptors (Lipinski definition) is 2. The van der Waals surface area contributed by atoms with Gasteiger partial charge in [0, 0.05) is 18.3 Å². The van der Waals surface area contributed by atoms with E-state index in [1.165, 1.54) is 49.8 Å². The zero-order valence-corrected chi connectivity index (χ0v) is 12.4. The molecule has 1 saturated heterocycles. The molecule has 2 heterocycles. The summed E-state index contributed by atoms with van der Waals surface area (Å²) in [6.07, 6.45) is 7.67. The maximum atomic E-state index is 6.10. The van der Waals surface area contributed by atoms with Crippen molar-refractivity contribution < 1.29 is 4.74 Å². The monoisotopic (exact) mass is 271 g/mol. The molecule has 3 unspecified atom stereocenters. The minimum absolute atomic E-state index is 0.265. The lowest BCUT2D eigenvalue weighted by Crippen LogP contribution is -2.51. The van der Waals surface area contributed by atoms with E-state index >= 15 is 0 Å². The molecule has 3 atom stereocenters. The van der Waals surface area contributed by atoms with Crippen LogP contribution in [0.1, 0.15) is 44.6 Å². The average Bonchev–Trinajstić information content (AvgIpc) is 2.45. The summed E-state index contributed by atoms with van der Waals surface area (Å²) in [7, 11) is 0. The summed E-state index contributed by atoms with van der Waals surface area (Å²) in [4.78, 5) is 0. The Morgan fingerprint density at radius 2 is 2.10 bits per heavy atom. The molecule has 2 aliphatic heterocycles. The fourth-order valence-electron chi connectivity index (χ4n) is 4.51. The molecule has 108 valence electrons. The van der Waals surface area contributed by atoms with Crippen molar-refractivity contribution in [3.05, 3.63) is 29.8 Å². The van der Waals surface area contributed by atoms with Crippen molar-refractivity contribution >= 4 is 5.69 Å². The van der Waals surface area contributed by atoms with Gasteiger partial charge in [-0.3, -0.25) is 0 Å². The van der Waals surface area contributed by atoms with Crippen molar-refractivity contribution in [3.8, 4) is 0 Å². The van der Waals surface area contributed by atoms with Crippen LogP contribution in [-0.4, -0.2) is 18.2 Å². The van der Waals surface area contributed by atoms with Crippen LogP contribution in [0, 0.1) is 11.8 Å². The number of nitrogens with one attached hydrogen (secondary N) is 1. The molecule has 1 saturated carbocycles. The van der Waals surface area contributed by atoms with Crippen molar-refractivity contribution in [2.45, 2.75) is 57.1 Å². The van der Waals surface area contributed by atoms with Crippen LogP contribution < -0.4 is 5.32 Å². The lowest BCUT2D eigenvalue weighted by Gasteiger charge is -2.50. The predicted molar refractivity (Wildman–Crippen MR) is 82.0 cm³/mol. The van der Waals surface area contributed by atoms with E-state index in [4.69, 9.17) is 4.74 Å². The van der Waals surface area contributed by atoms with Gasteiger partial charge in [-0.25, -0.2) is 0 Å². The van der Waals surface area contributed by atoms with Crippen molar-refractivity contribution in [2.24, 2.45) is 11.8 Å². The average molecular weight is 271 g/mol. The number of hydrogen-bond donors (Lipinski definition) is 1. The van der Waals surface area contributed by atoms with E-state index < -0.39 is 0 Å². The van der Waals surface area contributed by atoms with Gasteiger partial charge in [0.1, 0.15) is 0 Å². The van der Waals surface area contributed by atoms with E-state index in [2.05, 4.69) is 36.5 Å². The van der Waals surface area contributed by atoms with Crippen LogP contribution in [0.15, 0.2) is 24.3 Å². The summed E-state index contributed by atoms with van der Waals surface area (Å²) in [5.41, 5.74) is 3.12. The molecular weight excluding hydrogens is 246 g/mol. The van der Waals surface area contributed by atoms with E-state index in [0.29, 0.717) is 6.04 Å². The number of ether oxygens (including phenoxy) is 1. The van der Waals surface area contributed by atoms with Gasteiger partial charge in [-0.2, -0.15) is 0 Å². The van der Waals surface area contributed by atoms with Gasteiger partial charge in [0.15, 0.2) is 0 Å². The lowest BCUT2D eigenvalue weighted by atomic mass is 9.68. The van der Waals surface area contributed by atoms with Crippen LogP contribution in [0.25, 0.3) is 0 Å². The Morgan fingerprint density at radius 3 is 2.90 bits per heavy atom. The molecule has 1 N–H and O–H groups in total. The van der Waals surface area contributed by atoms with Gasteiger partial charge < -0.3 is 10.1 Å². The normalized spacial score (nSPS) is 35.0. The summed E-state index contributed by atoms with van der Waals surface area (Å²) in [5, 5.41) is 3.85. The summed E-state index contributed by atoms with van der Waals surface area (Å²) >= 11 is 0. The molecule has 20 heavy (non-hydrogen) atoms. The fraction of sp³-hybridized carbons (Fsp3) is 0.667. The van der Waals surface area contributed by atoms with Gasteiger partial charge in [0.2, 0.25) is 0 Å². The highest BCUT2D eigenvalue weighted by Gasteiger charge is 2.45. The topological polar surface area (TPSA) is 21.3 Å². The number of para-hydroxylation sites is 1. The Morgan fingerprint density at radius 1 is 1.25 bits per heavy atom. The minimum Gasteiger partial charge on any atom is -0.382 e. The molecule has 1 aromatic rings. The summed E-state index contributed by atoms with van der Waals surface area (Å²) in [6, 6.07) is 9.45. The Balaban J connectivity index is 1.53. The van der Waals surface area contributed by atoms with Gasteiger partial charge in [-0.1, -0.05) is 25.1 Å². The second-order valence-electron chi connectivity index (χ2n) is 7.15. The minimum atomic E-state index is 0.265. The number of anilines is 1.